The Morgan fingerprint density at radius 2 is 1.90 bits per heavy atom. The highest BCUT2D eigenvalue weighted by atomic mass is 35.5. The zero-order chi connectivity index (χ0) is 15.4. The molecule has 0 saturated heterocycles. The number of rotatable bonds is 5. The van der Waals surface area contributed by atoms with Gasteiger partial charge in [0.2, 0.25) is 0 Å². The van der Waals surface area contributed by atoms with Crippen LogP contribution in [0.1, 0.15) is 22.8 Å². The van der Waals surface area contributed by atoms with Crippen molar-refractivity contribution >= 4 is 11.6 Å². The van der Waals surface area contributed by atoms with Crippen LogP contribution in [-0.4, -0.2) is 19.3 Å². The van der Waals surface area contributed by atoms with Crippen LogP contribution in [0.4, 0.5) is 0 Å². The van der Waals surface area contributed by atoms with Crippen molar-refractivity contribution in [3.05, 3.63) is 58.1 Å². The van der Waals surface area contributed by atoms with Crippen molar-refractivity contribution in [2.24, 2.45) is 0 Å². The van der Waals surface area contributed by atoms with E-state index in [1.54, 1.807) is 19.2 Å². The van der Waals surface area contributed by atoms with E-state index in [0.29, 0.717) is 28.5 Å². The molecule has 0 heterocycles. The molecule has 0 aliphatic heterocycles. The van der Waals surface area contributed by atoms with Crippen LogP contribution in [0.15, 0.2) is 36.4 Å². The lowest BCUT2D eigenvalue weighted by molar-refractivity contribution is 0.174. The van der Waals surface area contributed by atoms with Crippen LogP contribution in [0.3, 0.4) is 0 Å². The van der Waals surface area contributed by atoms with Crippen LogP contribution >= 0.6 is 11.6 Å². The van der Waals surface area contributed by atoms with E-state index in [4.69, 9.17) is 21.1 Å². The van der Waals surface area contributed by atoms with Crippen LogP contribution in [0, 0.1) is 6.92 Å². The number of benzene rings is 2. The molecule has 0 amide bonds. The van der Waals surface area contributed by atoms with Crippen LogP contribution in [0.5, 0.6) is 11.5 Å². The molecule has 0 bridgehead atoms. The second-order valence-corrected chi connectivity index (χ2v) is 5.29. The summed E-state index contributed by atoms with van der Waals surface area (Å²) in [6.07, 6.45) is -0.189. The fourth-order valence-electron chi connectivity index (χ4n) is 2.35. The second kappa shape index (κ2) is 6.83. The Hall–Kier alpha value is -1.71. The van der Waals surface area contributed by atoms with E-state index in [-0.39, 0.29) is 0 Å². The molecule has 0 aliphatic carbocycles. The first kappa shape index (κ1) is 15.7. The summed E-state index contributed by atoms with van der Waals surface area (Å²) in [4.78, 5) is 0. The van der Waals surface area contributed by atoms with Gasteiger partial charge in [-0.25, -0.2) is 0 Å². The first-order valence-electron chi connectivity index (χ1n) is 6.70. The zero-order valence-electron chi connectivity index (χ0n) is 12.4. The number of hydrogen-bond acceptors (Lipinski definition) is 3. The Kier molecular flexibility index (Phi) is 5.10. The van der Waals surface area contributed by atoms with Gasteiger partial charge in [-0.1, -0.05) is 41.4 Å². The number of methoxy groups -OCH3 is 2. The molecule has 2 aromatic rings. The van der Waals surface area contributed by atoms with Gasteiger partial charge < -0.3 is 14.6 Å². The number of ether oxygens (including phenoxy) is 2. The van der Waals surface area contributed by atoms with E-state index >= 15 is 0 Å². The smallest absolute Gasteiger partial charge is 0.147 e. The Labute approximate surface area is 130 Å². The molecule has 0 aliphatic rings. The van der Waals surface area contributed by atoms with E-state index in [2.05, 4.69) is 6.07 Å². The summed E-state index contributed by atoms with van der Waals surface area (Å²) in [6, 6.07) is 11.6. The molecular formula is C17H19ClO3. The first-order valence-corrected chi connectivity index (χ1v) is 7.08. The highest BCUT2D eigenvalue weighted by Crippen LogP contribution is 2.40. The van der Waals surface area contributed by atoms with E-state index in [1.807, 2.05) is 25.1 Å². The minimum absolute atomic E-state index is 0.376. The third kappa shape index (κ3) is 3.49. The summed E-state index contributed by atoms with van der Waals surface area (Å²) in [5, 5.41) is 10.9. The zero-order valence-corrected chi connectivity index (χ0v) is 13.1. The van der Waals surface area contributed by atoms with E-state index in [1.165, 1.54) is 12.7 Å². The van der Waals surface area contributed by atoms with Gasteiger partial charge in [-0.2, -0.15) is 0 Å². The molecule has 21 heavy (non-hydrogen) atoms. The van der Waals surface area contributed by atoms with Crippen molar-refractivity contribution in [2.45, 2.75) is 19.4 Å². The summed E-state index contributed by atoms with van der Waals surface area (Å²) in [6.45, 7) is 2.03. The van der Waals surface area contributed by atoms with Gasteiger partial charge in [-0.15, -0.1) is 0 Å². The molecule has 0 radical (unpaired) electrons. The Morgan fingerprint density at radius 1 is 1.14 bits per heavy atom. The molecule has 0 saturated carbocycles. The lowest BCUT2D eigenvalue weighted by Crippen LogP contribution is -2.05. The Bertz CT molecular complexity index is 625. The molecule has 4 heteroatoms. The van der Waals surface area contributed by atoms with Crippen molar-refractivity contribution in [1.82, 2.24) is 0 Å². The van der Waals surface area contributed by atoms with Crippen molar-refractivity contribution in [3.63, 3.8) is 0 Å². The van der Waals surface area contributed by atoms with Gasteiger partial charge in [0.05, 0.1) is 20.3 Å². The van der Waals surface area contributed by atoms with Crippen molar-refractivity contribution in [1.29, 1.82) is 0 Å². The van der Waals surface area contributed by atoms with E-state index in [0.717, 1.165) is 5.56 Å². The molecule has 0 spiro atoms. The number of hydrogen-bond donors (Lipinski definition) is 1. The predicted molar refractivity (Wildman–Crippen MR) is 84.4 cm³/mol. The third-order valence-electron chi connectivity index (χ3n) is 3.39. The molecule has 1 unspecified atom stereocenters. The average molecular weight is 307 g/mol. The summed E-state index contributed by atoms with van der Waals surface area (Å²) in [7, 11) is 3.08. The van der Waals surface area contributed by atoms with E-state index < -0.39 is 6.10 Å². The Morgan fingerprint density at radius 3 is 2.52 bits per heavy atom. The molecule has 112 valence electrons. The fourth-order valence-corrected chi connectivity index (χ4v) is 2.68. The quantitative estimate of drug-likeness (QED) is 0.909. The lowest BCUT2D eigenvalue weighted by atomic mass is 9.99. The molecule has 2 rings (SSSR count). The summed E-state index contributed by atoms with van der Waals surface area (Å²) >= 11 is 6.23. The lowest BCUT2D eigenvalue weighted by Gasteiger charge is -2.17. The largest absolute Gasteiger partial charge is 0.495 e. The standard InChI is InChI=1S/C17H19ClO3/c1-11-5-4-6-12(9-11)10-14(19)13-7-8-15(20-2)16(18)17(13)21-3/h4-9,14,19H,10H2,1-3H3. The maximum atomic E-state index is 10.5. The summed E-state index contributed by atoms with van der Waals surface area (Å²) in [5.74, 6) is 0.983. The van der Waals surface area contributed by atoms with Crippen LogP contribution in [0.2, 0.25) is 5.02 Å². The number of halogens is 1. The van der Waals surface area contributed by atoms with Crippen molar-refractivity contribution in [3.8, 4) is 11.5 Å². The molecule has 0 fully saturated rings. The van der Waals surface area contributed by atoms with Crippen LogP contribution < -0.4 is 9.47 Å². The predicted octanol–water partition coefficient (Wildman–Crippen LogP) is 3.94. The SMILES string of the molecule is COc1ccc(C(O)Cc2cccc(C)c2)c(OC)c1Cl. The minimum atomic E-state index is -0.690. The maximum Gasteiger partial charge on any atom is 0.147 e. The van der Waals surface area contributed by atoms with Gasteiger partial charge in [0.25, 0.3) is 0 Å². The maximum absolute atomic E-state index is 10.5. The summed E-state index contributed by atoms with van der Waals surface area (Å²) in [5.41, 5.74) is 2.89. The summed E-state index contributed by atoms with van der Waals surface area (Å²) < 4.78 is 10.5. The van der Waals surface area contributed by atoms with E-state index in [9.17, 15) is 5.11 Å². The monoisotopic (exact) mass is 306 g/mol. The normalized spacial score (nSPS) is 12.0. The molecule has 2 aromatic carbocycles. The number of aryl methyl sites for hydroxylation is 1. The topological polar surface area (TPSA) is 38.7 Å². The Balaban J connectivity index is 2.30. The van der Waals surface area contributed by atoms with Crippen molar-refractivity contribution in [2.75, 3.05) is 14.2 Å². The van der Waals surface area contributed by atoms with Gasteiger partial charge in [0, 0.05) is 12.0 Å². The van der Waals surface area contributed by atoms with Gasteiger partial charge in [-0.05, 0) is 24.6 Å². The molecule has 3 nitrogen and oxygen atoms in total. The fraction of sp³-hybridized carbons (Fsp3) is 0.294. The number of aliphatic hydroxyl groups excluding tert-OH is 1. The molecule has 1 atom stereocenters. The molecular weight excluding hydrogens is 288 g/mol. The first-order chi connectivity index (χ1) is 10.1. The van der Waals surface area contributed by atoms with Gasteiger partial charge >= 0.3 is 0 Å². The van der Waals surface area contributed by atoms with Crippen LogP contribution in [-0.2, 0) is 6.42 Å². The molecule has 0 aromatic heterocycles. The van der Waals surface area contributed by atoms with Crippen molar-refractivity contribution < 1.29 is 14.6 Å². The highest BCUT2D eigenvalue weighted by Gasteiger charge is 2.19. The average Bonchev–Trinajstić information content (AvgIpc) is 2.46. The minimum Gasteiger partial charge on any atom is -0.495 e. The second-order valence-electron chi connectivity index (χ2n) is 4.91. The number of aliphatic hydroxyl groups is 1. The van der Waals surface area contributed by atoms with Crippen LogP contribution in [0.25, 0.3) is 0 Å². The third-order valence-corrected chi connectivity index (χ3v) is 3.74. The molecule has 1 N–H and O–H groups in total. The highest BCUT2D eigenvalue weighted by molar-refractivity contribution is 6.33. The van der Waals surface area contributed by atoms with Gasteiger partial charge in [0.15, 0.2) is 0 Å². The van der Waals surface area contributed by atoms with Gasteiger partial charge in [0.1, 0.15) is 16.5 Å². The van der Waals surface area contributed by atoms with Gasteiger partial charge in [-0.3, -0.25) is 0 Å².